The molecule has 2 aromatic rings. The minimum absolute atomic E-state index is 0.146. The van der Waals surface area contributed by atoms with Crippen LogP contribution in [-0.2, 0) is 10.2 Å². The maximum atomic E-state index is 12.6. The van der Waals surface area contributed by atoms with Crippen molar-refractivity contribution in [1.29, 1.82) is 0 Å². The van der Waals surface area contributed by atoms with Crippen LogP contribution in [0.4, 0.5) is 5.69 Å². The fourth-order valence-electron chi connectivity index (χ4n) is 6.60. The van der Waals surface area contributed by atoms with Gasteiger partial charge in [0.25, 0.3) is 5.91 Å². The van der Waals surface area contributed by atoms with Crippen molar-refractivity contribution in [2.45, 2.75) is 63.9 Å². The van der Waals surface area contributed by atoms with E-state index in [0.29, 0.717) is 16.2 Å². The molecular weight excluding hydrogens is 394 g/mol. The fraction of sp³-hybridized carbons (Fsp3) is 0.500. The standard InChI is InChI=1S/C26H30ClNO2/c1-16-9-22(27)5-8-24(16)30-17(2)25(29)28-23-6-3-21(4-7-23)26-13-18-10-19(14-26)12-20(11-18)15-26/h3-9,17-20H,10-15H2,1-2H3,(H,28,29)/t17-,18?,19?,20?,26?/m0/s1. The number of ether oxygens (including phenoxy) is 1. The first-order valence-electron chi connectivity index (χ1n) is 11.2. The van der Waals surface area contributed by atoms with Crippen LogP contribution in [0.5, 0.6) is 5.75 Å². The average molecular weight is 424 g/mol. The summed E-state index contributed by atoms with van der Waals surface area (Å²) in [6.07, 6.45) is 7.85. The van der Waals surface area contributed by atoms with Gasteiger partial charge in [0.15, 0.2) is 6.10 Å². The SMILES string of the molecule is Cc1cc(Cl)ccc1O[C@@H](C)C(=O)Nc1ccc(C23CC4CC(CC(C4)C2)C3)cc1. The van der Waals surface area contributed by atoms with Gasteiger partial charge in [-0.05, 0) is 117 Å². The predicted octanol–water partition coefficient (Wildman–Crippen LogP) is 6.52. The second-order valence-electron chi connectivity index (χ2n) is 9.93. The molecule has 4 aliphatic carbocycles. The molecule has 4 aliphatic rings. The Kier molecular flexibility index (Phi) is 5.05. The van der Waals surface area contributed by atoms with Gasteiger partial charge in [0.05, 0.1) is 0 Å². The number of hydrogen-bond donors (Lipinski definition) is 1. The first-order valence-corrected chi connectivity index (χ1v) is 11.6. The van der Waals surface area contributed by atoms with Gasteiger partial charge in [0.1, 0.15) is 5.75 Å². The third-order valence-corrected chi connectivity index (χ3v) is 7.85. The number of aryl methyl sites for hydroxylation is 1. The van der Waals surface area contributed by atoms with Gasteiger partial charge in [-0.1, -0.05) is 23.7 Å². The molecule has 3 nitrogen and oxygen atoms in total. The Balaban J connectivity index is 1.24. The summed E-state index contributed by atoms with van der Waals surface area (Å²) in [6.45, 7) is 3.70. The molecular formula is C26H30ClNO2. The molecule has 2 aromatic carbocycles. The summed E-state index contributed by atoms with van der Waals surface area (Å²) in [4.78, 5) is 12.6. The highest BCUT2D eigenvalue weighted by Crippen LogP contribution is 2.60. The minimum Gasteiger partial charge on any atom is -0.481 e. The van der Waals surface area contributed by atoms with E-state index >= 15 is 0 Å². The van der Waals surface area contributed by atoms with Crippen molar-refractivity contribution < 1.29 is 9.53 Å². The van der Waals surface area contributed by atoms with Crippen LogP contribution >= 0.6 is 11.6 Å². The van der Waals surface area contributed by atoms with Crippen molar-refractivity contribution in [2.75, 3.05) is 5.32 Å². The van der Waals surface area contributed by atoms with E-state index in [1.807, 2.05) is 19.1 Å². The van der Waals surface area contributed by atoms with Gasteiger partial charge >= 0.3 is 0 Å². The highest BCUT2D eigenvalue weighted by molar-refractivity contribution is 6.30. The fourth-order valence-corrected chi connectivity index (χ4v) is 6.83. The first kappa shape index (κ1) is 19.9. The van der Waals surface area contributed by atoms with Crippen LogP contribution in [0.25, 0.3) is 0 Å². The zero-order valence-electron chi connectivity index (χ0n) is 17.8. The van der Waals surface area contributed by atoms with Crippen LogP contribution in [0.15, 0.2) is 42.5 Å². The highest BCUT2D eigenvalue weighted by Gasteiger charge is 2.51. The lowest BCUT2D eigenvalue weighted by molar-refractivity contribution is -0.122. The van der Waals surface area contributed by atoms with Gasteiger partial charge in [-0.25, -0.2) is 0 Å². The molecule has 4 heteroatoms. The van der Waals surface area contributed by atoms with E-state index < -0.39 is 6.10 Å². The van der Waals surface area contributed by atoms with Crippen molar-refractivity contribution in [3.63, 3.8) is 0 Å². The topological polar surface area (TPSA) is 38.3 Å². The number of carbonyl (C=O) groups excluding carboxylic acids is 1. The summed E-state index contributed by atoms with van der Waals surface area (Å²) in [5.41, 5.74) is 3.61. The summed E-state index contributed by atoms with van der Waals surface area (Å²) in [6, 6.07) is 14.0. The molecule has 30 heavy (non-hydrogen) atoms. The smallest absolute Gasteiger partial charge is 0.265 e. The zero-order chi connectivity index (χ0) is 20.9. The molecule has 0 spiro atoms. The molecule has 0 saturated heterocycles. The molecule has 0 heterocycles. The first-order chi connectivity index (χ1) is 14.4. The highest BCUT2D eigenvalue weighted by atomic mass is 35.5. The Morgan fingerprint density at radius 2 is 1.63 bits per heavy atom. The molecule has 0 radical (unpaired) electrons. The van der Waals surface area contributed by atoms with Gasteiger partial charge in [0.2, 0.25) is 0 Å². The van der Waals surface area contributed by atoms with E-state index in [1.165, 1.54) is 44.1 Å². The number of anilines is 1. The Morgan fingerprint density at radius 3 is 2.20 bits per heavy atom. The molecule has 0 aliphatic heterocycles. The maximum absolute atomic E-state index is 12.6. The van der Waals surface area contributed by atoms with Crippen molar-refractivity contribution >= 4 is 23.2 Å². The normalized spacial score (nSPS) is 30.2. The third-order valence-electron chi connectivity index (χ3n) is 7.61. The summed E-state index contributed by atoms with van der Waals surface area (Å²) < 4.78 is 5.85. The van der Waals surface area contributed by atoms with Crippen molar-refractivity contribution in [2.24, 2.45) is 17.8 Å². The number of hydrogen-bond acceptors (Lipinski definition) is 2. The Bertz CT molecular complexity index is 917. The number of benzene rings is 2. The maximum Gasteiger partial charge on any atom is 0.265 e. The van der Waals surface area contributed by atoms with Crippen LogP contribution in [0.2, 0.25) is 5.02 Å². The van der Waals surface area contributed by atoms with Crippen LogP contribution < -0.4 is 10.1 Å². The van der Waals surface area contributed by atoms with Gasteiger partial charge in [-0.3, -0.25) is 4.79 Å². The quantitative estimate of drug-likeness (QED) is 0.594. The number of halogens is 1. The van der Waals surface area contributed by atoms with Gasteiger partial charge in [-0.15, -0.1) is 0 Å². The molecule has 6 rings (SSSR count). The number of rotatable bonds is 5. The lowest BCUT2D eigenvalue weighted by atomic mass is 9.48. The summed E-state index contributed by atoms with van der Waals surface area (Å²) in [5, 5.41) is 3.67. The second kappa shape index (κ2) is 7.60. The van der Waals surface area contributed by atoms with Gasteiger partial charge < -0.3 is 10.1 Å². The van der Waals surface area contributed by atoms with E-state index in [4.69, 9.17) is 16.3 Å². The third kappa shape index (κ3) is 3.73. The Morgan fingerprint density at radius 1 is 1.03 bits per heavy atom. The van der Waals surface area contributed by atoms with Crippen molar-refractivity contribution in [3.8, 4) is 5.75 Å². The lowest BCUT2D eigenvalue weighted by Crippen LogP contribution is -2.48. The number of nitrogens with one attached hydrogen (secondary N) is 1. The molecule has 0 aromatic heterocycles. The van der Waals surface area contributed by atoms with Crippen molar-refractivity contribution in [1.82, 2.24) is 0 Å². The van der Waals surface area contributed by atoms with Crippen LogP contribution in [-0.4, -0.2) is 12.0 Å². The van der Waals surface area contributed by atoms with Crippen LogP contribution in [0, 0.1) is 24.7 Å². The van der Waals surface area contributed by atoms with Gasteiger partial charge in [0, 0.05) is 10.7 Å². The molecule has 1 amide bonds. The van der Waals surface area contributed by atoms with E-state index in [-0.39, 0.29) is 5.91 Å². The number of amides is 1. The summed E-state index contributed by atoms with van der Waals surface area (Å²) >= 11 is 6.00. The summed E-state index contributed by atoms with van der Waals surface area (Å²) in [5.74, 6) is 3.34. The second-order valence-corrected chi connectivity index (χ2v) is 10.4. The molecule has 0 unspecified atom stereocenters. The van der Waals surface area contributed by atoms with Crippen LogP contribution in [0.1, 0.15) is 56.6 Å². The summed E-state index contributed by atoms with van der Waals surface area (Å²) in [7, 11) is 0. The zero-order valence-corrected chi connectivity index (χ0v) is 18.5. The Labute approximate surface area is 184 Å². The molecule has 158 valence electrons. The molecule has 4 bridgehead atoms. The Hall–Kier alpha value is -2.00. The molecule has 1 atom stereocenters. The van der Waals surface area contributed by atoms with E-state index in [2.05, 4.69) is 29.6 Å². The predicted molar refractivity (Wildman–Crippen MR) is 121 cm³/mol. The minimum atomic E-state index is -0.590. The van der Waals surface area contributed by atoms with E-state index in [0.717, 1.165) is 29.0 Å². The monoisotopic (exact) mass is 423 g/mol. The number of carbonyl (C=O) groups is 1. The van der Waals surface area contributed by atoms with Crippen LogP contribution in [0.3, 0.4) is 0 Å². The van der Waals surface area contributed by atoms with Crippen molar-refractivity contribution in [3.05, 3.63) is 58.6 Å². The lowest BCUT2D eigenvalue weighted by Gasteiger charge is -2.57. The van der Waals surface area contributed by atoms with E-state index in [9.17, 15) is 4.79 Å². The average Bonchev–Trinajstić information content (AvgIpc) is 2.69. The largest absolute Gasteiger partial charge is 0.481 e. The van der Waals surface area contributed by atoms with Gasteiger partial charge in [-0.2, -0.15) is 0 Å². The molecule has 4 fully saturated rings. The molecule has 4 saturated carbocycles. The molecule has 1 N–H and O–H groups in total. The van der Waals surface area contributed by atoms with E-state index in [1.54, 1.807) is 13.0 Å².